The quantitative estimate of drug-likeness (QED) is 0.365. The van der Waals surface area contributed by atoms with Crippen molar-refractivity contribution in [1.82, 2.24) is 15.5 Å². The Morgan fingerprint density at radius 1 is 0.970 bits per heavy atom. The lowest BCUT2D eigenvalue weighted by Gasteiger charge is -2.06. The lowest BCUT2D eigenvalue weighted by molar-refractivity contribution is 0.0953. The lowest BCUT2D eigenvalue weighted by Crippen LogP contribution is -2.25. The molecule has 2 aromatic carbocycles. The molecule has 0 aliphatic rings. The maximum absolute atomic E-state index is 12.9. The number of ether oxygens (including phenoxy) is 1. The van der Waals surface area contributed by atoms with Crippen molar-refractivity contribution in [2.24, 2.45) is 0 Å². The summed E-state index contributed by atoms with van der Waals surface area (Å²) in [5, 5.41) is 16.2. The molecule has 2 amide bonds. The number of halogens is 1. The molecule has 168 valence electrons. The van der Waals surface area contributed by atoms with Crippen molar-refractivity contribution >= 4 is 40.2 Å². The van der Waals surface area contributed by atoms with Crippen molar-refractivity contribution < 1.29 is 18.7 Å². The van der Waals surface area contributed by atoms with Gasteiger partial charge in [-0.1, -0.05) is 17.4 Å². The minimum Gasteiger partial charge on any atom is -0.486 e. The Morgan fingerprint density at radius 3 is 2.48 bits per heavy atom. The largest absolute Gasteiger partial charge is 0.486 e. The highest BCUT2D eigenvalue weighted by Crippen LogP contribution is 2.17. The van der Waals surface area contributed by atoms with Crippen molar-refractivity contribution in [3.8, 4) is 5.75 Å². The van der Waals surface area contributed by atoms with E-state index < -0.39 is 5.91 Å². The third-order valence-corrected chi connectivity index (χ3v) is 6.31. The van der Waals surface area contributed by atoms with E-state index in [4.69, 9.17) is 4.74 Å². The number of carbonyl (C=O) groups is 2. The molecular weight excluding hydrogens is 463 g/mol. The highest BCUT2D eigenvalue weighted by Gasteiger charge is 2.14. The number of benzene rings is 2. The molecule has 4 rings (SSSR count). The van der Waals surface area contributed by atoms with Gasteiger partial charge in [0.25, 0.3) is 11.8 Å². The monoisotopic (exact) mass is 482 g/mol. The van der Waals surface area contributed by atoms with Crippen LogP contribution in [0.2, 0.25) is 0 Å². The Hall–Kier alpha value is -3.63. The molecule has 0 radical (unpaired) electrons. The molecule has 2 heterocycles. The molecular formula is C23H19FN4O3S2. The van der Waals surface area contributed by atoms with Crippen LogP contribution in [0.15, 0.2) is 66.0 Å². The average Bonchev–Trinajstić information content (AvgIpc) is 3.51. The van der Waals surface area contributed by atoms with Crippen molar-refractivity contribution in [3.63, 3.8) is 0 Å². The molecule has 0 fully saturated rings. The Morgan fingerprint density at radius 2 is 1.76 bits per heavy atom. The van der Waals surface area contributed by atoms with Crippen molar-refractivity contribution in [2.75, 3.05) is 11.9 Å². The van der Waals surface area contributed by atoms with E-state index in [1.807, 2.05) is 17.5 Å². The fraction of sp³-hybridized carbons (Fsp3) is 0.130. The van der Waals surface area contributed by atoms with Gasteiger partial charge in [0.2, 0.25) is 5.01 Å². The average molecular weight is 483 g/mol. The summed E-state index contributed by atoms with van der Waals surface area (Å²) in [5.74, 6) is -0.429. The smallest absolute Gasteiger partial charge is 0.286 e. The minimum absolute atomic E-state index is 0.118. The first-order chi connectivity index (χ1) is 16.1. The van der Waals surface area contributed by atoms with Gasteiger partial charge in [0.1, 0.15) is 18.2 Å². The molecule has 0 saturated heterocycles. The molecule has 2 N–H and O–H groups in total. The molecule has 0 bridgehead atoms. The van der Waals surface area contributed by atoms with Crippen LogP contribution in [0.25, 0.3) is 0 Å². The molecule has 0 spiro atoms. The van der Waals surface area contributed by atoms with Crippen LogP contribution in [-0.2, 0) is 13.0 Å². The van der Waals surface area contributed by atoms with E-state index in [-0.39, 0.29) is 23.3 Å². The van der Waals surface area contributed by atoms with Gasteiger partial charge in [-0.25, -0.2) is 4.39 Å². The van der Waals surface area contributed by atoms with E-state index in [0.717, 1.165) is 17.8 Å². The molecule has 10 heteroatoms. The van der Waals surface area contributed by atoms with Gasteiger partial charge in [-0.3, -0.25) is 9.59 Å². The SMILES string of the molecule is O=C(NCCc1cccs1)c1ccc(NC(=O)c2nnc(COc3ccc(F)cc3)s2)cc1. The molecule has 2 aromatic heterocycles. The second-order valence-electron chi connectivity index (χ2n) is 6.86. The molecule has 33 heavy (non-hydrogen) atoms. The van der Waals surface area contributed by atoms with Gasteiger partial charge < -0.3 is 15.4 Å². The van der Waals surface area contributed by atoms with E-state index in [2.05, 4.69) is 20.8 Å². The van der Waals surface area contributed by atoms with Crippen LogP contribution in [0.3, 0.4) is 0 Å². The van der Waals surface area contributed by atoms with Crippen LogP contribution in [0, 0.1) is 5.82 Å². The van der Waals surface area contributed by atoms with E-state index in [0.29, 0.717) is 28.6 Å². The van der Waals surface area contributed by atoms with E-state index in [1.54, 1.807) is 35.6 Å². The molecule has 0 aliphatic carbocycles. The first-order valence-electron chi connectivity index (χ1n) is 9.99. The van der Waals surface area contributed by atoms with Crippen LogP contribution >= 0.6 is 22.7 Å². The van der Waals surface area contributed by atoms with Gasteiger partial charge in [-0.05, 0) is 66.4 Å². The highest BCUT2D eigenvalue weighted by molar-refractivity contribution is 7.13. The summed E-state index contributed by atoms with van der Waals surface area (Å²) in [4.78, 5) is 25.9. The molecule has 0 unspecified atom stereocenters. The minimum atomic E-state index is -0.409. The number of rotatable bonds is 9. The summed E-state index contributed by atoms with van der Waals surface area (Å²) in [6.45, 7) is 0.676. The number of carbonyl (C=O) groups excluding carboxylic acids is 2. The zero-order valence-corrected chi connectivity index (χ0v) is 18.9. The Balaban J connectivity index is 1.26. The zero-order chi connectivity index (χ0) is 23.0. The number of anilines is 1. The number of aromatic nitrogens is 2. The number of thiophene rings is 1. The fourth-order valence-corrected chi connectivity index (χ4v) is 4.18. The predicted octanol–water partition coefficient (Wildman–Crippen LogP) is 4.54. The van der Waals surface area contributed by atoms with E-state index >= 15 is 0 Å². The summed E-state index contributed by atoms with van der Waals surface area (Å²) in [5.41, 5.74) is 1.05. The van der Waals surface area contributed by atoms with Crippen LogP contribution in [0.5, 0.6) is 5.75 Å². The normalized spacial score (nSPS) is 10.6. The third kappa shape index (κ3) is 6.43. The second-order valence-corrected chi connectivity index (χ2v) is 8.95. The van der Waals surface area contributed by atoms with Gasteiger partial charge in [0.15, 0.2) is 5.01 Å². The molecule has 0 aliphatic heterocycles. The zero-order valence-electron chi connectivity index (χ0n) is 17.3. The van der Waals surface area contributed by atoms with E-state index in [1.165, 1.54) is 29.1 Å². The maximum atomic E-state index is 12.9. The summed E-state index contributed by atoms with van der Waals surface area (Å²) in [6, 6.07) is 16.3. The number of amides is 2. The molecule has 4 aromatic rings. The standard InChI is InChI=1S/C23H19FN4O3S2/c24-16-5-9-18(10-6-16)31-14-20-27-28-23(33-20)22(30)26-17-7-3-15(4-8-17)21(29)25-12-11-19-2-1-13-32-19/h1-10,13H,11-12,14H2,(H,25,29)(H,26,30). The highest BCUT2D eigenvalue weighted by atomic mass is 32.1. The van der Waals surface area contributed by atoms with Crippen molar-refractivity contribution in [2.45, 2.75) is 13.0 Å². The van der Waals surface area contributed by atoms with Crippen LogP contribution < -0.4 is 15.4 Å². The molecule has 0 atom stereocenters. The summed E-state index contributed by atoms with van der Waals surface area (Å²) in [6.07, 6.45) is 0.788. The Kier molecular flexibility index (Phi) is 7.38. The Bertz CT molecular complexity index is 1210. The van der Waals surface area contributed by atoms with Gasteiger partial charge in [0, 0.05) is 22.7 Å². The van der Waals surface area contributed by atoms with Gasteiger partial charge in [0.05, 0.1) is 0 Å². The fourth-order valence-electron chi connectivity index (χ4n) is 2.83. The van der Waals surface area contributed by atoms with Crippen molar-refractivity contribution in [3.05, 3.63) is 92.3 Å². The Labute approximate surface area is 197 Å². The van der Waals surface area contributed by atoms with Gasteiger partial charge >= 0.3 is 0 Å². The number of hydrogen-bond donors (Lipinski definition) is 2. The maximum Gasteiger partial charge on any atom is 0.286 e. The van der Waals surface area contributed by atoms with Gasteiger partial charge in [-0.2, -0.15) is 0 Å². The predicted molar refractivity (Wildman–Crippen MR) is 125 cm³/mol. The first-order valence-corrected chi connectivity index (χ1v) is 11.7. The van der Waals surface area contributed by atoms with Crippen LogP contribution in [-0.4, -0.2) is 28.6 Å². The van der Waals surface area contributed by atoms with E-state index in [9.17, 15) is 14.0 Å². The van der Waals surface area contributed by atoms with Crippen molar-refractivity contribution in [1.29, 1.82) is 0 Å². The van der Waals surface area contributed by atoms with Crippen LogP contribution in [0.1, 0.15) is 30.0 Å². The third-order valence-electron chi connectivity index (χ3n) is 4.48. The first kappa shape index (κ1) is 22.6. The summed E-state index contributed by atoms with van der Waals surface area (Å²) < 4.78 is 18.5. The number of hydrogen-bond acceptors (Lipinski definition) is 7. The molecule has 7 nitrogen and oxygen atoms in total. The topological polar surface area (TPSA) is 93.2 Å². The number of nitrogens with one attached hydrogen (secondary N) is 2. The molecule has 0 saturated carbocycles. The number of nitrogens with zero attached hydrogens (tertiary/aromatic N) is 2. The second kappa shape index (κ2) is 10.8. The summed E-state index contributed by atoms with van der Waals surface area (Å²) >= 11 is 2.76. The summed E-state index contributed by atoms with van der Waals surface area (Å²) in [7, 11) is 0. The van der Waals surface area contributed by atoms with Crippen LogP contribution in [0.4, 0.5) is 10.1 Å². The van der Waals surface area contributed by atoms with Gasteiger partial charge in [-0.15, -0.1) is 21.5 Å². The lowest BCUT2D eigenvalue weighted by atomic mass is 10.2.